The van der Waals surface area contributed by atoms with Crippen molar-refractivity contribution in [2.75, 3.05) is 29.9 Å². The number of carbonyl (C=O) groups is 1. The number of sulfonamides is 1. The summed E-state index contributed by atoms with van der Waals surface area (Å²) in [5.74, 6) is 1.40. The molecule has 0 aliphatic heterocycles. The van der Waals surface area contributed by atoms with Crippen molar-refractivity contribution < 1.29 is 13.2 Å². The number of benzene rings is 2. The molecule has 140 valence electrons. The largest absolute Gasteiger partial charge is 0.351 e. The molecule has 1 N–H and O–H groups in total. The average molecular weight is 393 g/mol. The first kappa shape index (κ1) is 20.3. The van der Waals surface area contributed by atoms with E-state index in [4.69, 9.17) is 0 Å². The number of carbonyl (C=O) groups excluding carboxylic acids is 1. The van der Waals surface area contributed by atoms with Gasteiger partial charge in [0.1, 0.15) is 0 Å². The van der Waals surface area contributed by atoms with Crippen LogP contribution in [-0.4, -0.2) is 39.9 Å². The van der Waals surface area contributed by atoms with Crippen LogP contribution in [-0.2, 0) is 15.8 Å². The summed E-state index contributed by atoms with van der Waals surface area (Å²) in [4.78, 5) is 12.4. The molecular weight excluding hydrogens is 368 g/mol. The van der Waals surface area contributed by atoms with Crippen LogP contribution in [0.3, 0.4) is 0 Å². The summed E-state index contributed by atoms with van der Waals surface area (Å²) < 4.78 is 24.6. The van der Waals surface area contributed by atoms with Gasteiger partial charge in [0.05, 0.1) is 17.5 Å². The van der Waals surface area contributed by atoms with E-state index in [9.17, 15) is 13.2 Å². The molecule has 2 rings (SSSR count). The van der Waals surface area contributed by atoms with Crippen LogP contribution in [0.1, 0.15) is 21.5 Å². The van der Waals surface area contributed by atoms with Gasteiger partial charge in [-0.3, -0.25) is 9.10 Å². The van der Waals surface area contributed by atoms with Crippen molar-refractivity contribution in [3.05, 3.63) is 65.2 Å². The number of thioether (sulfide) groups is 1. The molecule has 0 radical (unpaired) electrons. The van der Waals surface area contributed by atoms with Crippen molar-refractivity contribution >= 4 is 33.4 Å². The van der Waals surface area contributed by atoms with E-state index in [1.165, 1.54) is 18.2 Å². The van der Waals surface area contributed by atoms with E-state index in [-0.39, 0.29) is 5.91 Å². The van der Waals surface area contributed by atoms with Gasteiger partial charge in [-0.05, 0) is 24.6 Å². The van der Waals surface area contributed by atoms with Gasteiger partial charge >= 0.3 is 0 Å². The number of para-hydroxylation sites is 1. The molecule has 0 heterocycles. The summed E-state index contributed by atoms with van der Waals surface area (Å²) >= 11 is 1.75. The van der Waals surface area contributed by atoms with Crippen LogP contribution in [0.2, 0.25) is 0 Å². The molecule has 0 saturated carbocycles. The van der Waals surface area contributed by atoms with Gasteiger partial charge in [-0.1, -0.05) is 42.0 Å². The molecule has 26 heavy (non-hydrogen) atoms. The van der Waals surface area contributed by atoms with E-state index in [0.717, 1.165) is 22.1 Å². The second-order valence-electron chi connectivity index (χ2n) is 6.05. The van der Waals surface area contributed by atoms with Gasteiger partial charge in [-0.15, -0.1) is 0 Å². The third kappa shape index (κ3) is 5.78. The van der Waals surface area contributed by atoms with Gasteiger partial charge in [0.15, 0.2) is 0 Å². The van der Waals surface area contributed by atoms with Gasteiger partial charge in [0.2, 0.25) is 10.0 Å². The first-order valence-corrected chi connectivity index (χ1v) is 11.2. The van der Waals surface area contributed by atoms with Crippen molar-refractivity contribution in [1.82, 2.24) is 5.32 Å². The van der Waals surface area contributed by atoms with Gasteiger partial charge in [-0.25, -0.2) is 8.42 Å². The Morgan fingerprint density at radius 2 is 1.88 bits per heavy atom. The van der Waals surface area contributed by atoms with Gasteiger partial charge < -0.3 is 5.32 Å². The average Bonchev–Trinajstić information content (AvgIpc) is 2.60. The summed E-state index contributed by atoms with van der Waals surface area (Å²) in [5.41, 5.74) is 3.23. The van der Waals surface area contributed by atoms with Gasteiger partial charge in [-0.2, -0.15) is 11.8 Å². The fourth-order valence-electron chi connectivity index (χ4n) is 2.44. The molecule has 0 unspecified atom stereocenters. The number of hydrogen-bond acceptors (Lipinski definition) is 4. The second kappa shape index (κ2) is 9.09. The molecule has 0 spiro atoms. The van der Waals surface area contributed by atoms with Crippen LogP contribution in [0.25, 0.3) is 0 Å². The van der Waals surface area contributed by atoms with E-state index in [2.05, 4.69) is 30.4 Å². The fourth-order valence-corrected chi connectivity index (χ4v) is 3.77. The zero-order chi connectivity index (χ0) is 19.2. The first-order valence-electron chi connectivity index (χ1n) is 8.23. The number of amides is 1. The Balaban J connectivity index is 1.88. The number of hydrogen-bond donors (Lipinski definition) is 1. The molecule has 5 nitrogen and oxygen atoms in total. The van der Waals surface area contributed by atoms with Crippen LogP contribution in [0.5, 0.6) is 0 Å². The lowest BCUT2D eigenvalue weighted by atomic mass is 10.1. The molecule has 0 bridgehead atoms. The van der Waals surface area contributed by atoms with E-state index in [1.807, 2.05) is 6.07 Å². The predicted molar refractivity (Wildman–Crippen MR) is 109 cm³/mol. The molecule has 0 aromatic heterocycles. The van der Waals surface area contributed by atoms with E-state index >= 15 is 0 Å². The minimum atomic E-state index is -3.43. The lowest BCUT2D eigenvalue weighted by Crippen LogP contribution is -2.30. The summed E-state index contributed by atoms with van der Waals surface area (Å²) in [6, 6.07) is 15.1. The summed E-state index contributed by atoms with van der Waals surface area (Å²) in [6.45, 7) is 2.59. The maximum atomic E-state index is 12.4. The van der Waals surface area contributed by atoms with Crippen molar-refractivity contribution in [2.45, 2.75) is 12.7 Å². The molecule has 0 saturated heterocycles. The Bertz CT molecular complexity index is 867. The molecule has 0 atom stereocenters. The zero-order valence-electron chi connectivity index (χ0n) is 15.2. The third-order valence-corrected chi connectivity index (χ3v) is 6.09. The SMILES string of the molecule is Cc1cccc(CSCCNC(=O)c2ccccc2N(C)S(C)(=O)=O)c1. The number of aryl methyl sites for hydroxylation is 1. The summed E-state index contributed by atoms with van der Waals surface area (Å²) in [5, 5.41) is 2.86. The number of nitrogens with one attached hydrogen (secondary N) is 1. The molecular formula is C19H24N2O3S2. The smallest absolute Gasteiger partial charge is 0.253 e. The molecule has 2 aromatic rings. The molecule has 7 heteroatoms. The maximum Gasteiger partial charge on any atom is 0.253 e. The lowest BCUT2D eigenvalue weighted by molar-refractivity contribution is 0.0957. The minimum absolute atomic E-state index is 0.271. The molecule has 0 aliphatic rings. The van der Waals surface area contributed by atoms with Gasteiger partial charge in [0, 0.05) is 25.1 Å². The second-order valence-corrected chi connectivity index (χ2v) is 9.16. The highest BCUT2D eigenvalue weighted by molar-refractivity contribution is 7.98. The molecule has 0 fully saturated rings. The maximum absolute atomic E-state index is 12.4. The third-order valence-electron chi connectivity index (χ3n) is 3.87. The van der Waals surface area contributed by atoms with Crippen LogP contribution in [0, 0.1) is 6.92 Å². The van der Waals surface area contributed by atoms with E-state index in [1.54, 1.807) is 36.0 Å². The van der Waals surface area contributed by atoms with Crippen molar-refractivity contribution in [3.63, 3.8) is 0 Å². The highest BCUT2D eigenvalue weighted by Gasteiger charge is 2.19. The fraction of sp³-hybridized carbons (Fsp3) is 0.316. The van der Waals surface area contributed by atoms with Gasteiger partial charge in [0.25, 0.3) is 5.91 Å². The Morgan fingerprint density at radius 1 is 1.15 bits per heavy atom. The highest BCUT2D eigenvalue weighted by Crippen LogP contribution is 2.21. The van der Waals surface area contributed by atoms with E-state index < -0.39 is 10.0 Å². The number of nitrogens with zero attached hydrogens (tertiary/aromatic N) is 1. The van der Waals surface area contributed by atoms with Crippen LogP contribution >= 0.6 is 11.8 Å². The summed E-state index contributed by atoms with van der Waals surface area (Å²) in [7, 11) is -1.98. The minimum Gasteiger partial charge on any atom is -0.351 e. The van der Waals surface area contributed by atoms with Crippen LogP contribution < -0.4 is 9.62 Å². The first-order chi connectivity index (χ1) is 12.3. The Kier molecular flexibility index (Phi) is 7.11. The van der Waals surface area contributed by atoms with Crippen molar-refractivity contribution in [3.8, 4) is 0 Å². The molecule has 0 aliphatic carbocycles. The lowest BCUT2D eigenvalue weighted by Gasteiger charge is -2.19. The Hall–Kier alpha value is -1.99. The summed E-state index contributed by atoms with van der Waals surface area (Å²) in [6.07, 6.45) is 1.11. The molecule has 2 aromatic carbocycles. The topological polar surface area (TPSA) is 66.5 Å². The highest BCUT2D eigenvalue weighted by atomic mass is 32.2. The number of rotatable bonds is 8. The zero-order valence-corrected chi connectivity index (χ0v) is 16.9. The monoisotopic (exact) mass is 392 g/mol. The Labute approximate surface area is 159 Å². The van der Waals surface area contributed by atoms with E-state index in [0.29, 0.717) is 17.8 Å². The Morgan fingerprint density at radius 3 is 2.58 bits per heavy atom. The normalized spacial score (nSPS) is 11.2. The standard InChI is InChI=1S/C19H24N2O3S2/c1-15-7-6-8-16(13-15)14-25-12-11-20-19(22)17-9-4-5-10-18(17)21(2)26(3,23)24/h4-10,13H,11-12,14H2,1-3H3,(H,20,22). The number of anilines is 1. The quantitative estimate of drug-likeness (QED) is 0.701. The van der Waals surface area contributed by atoms with Crippen molar-refractivity contribution in [1.29, 1.82) is 0 Å². The van der Waals surface area contributed by atoms with Crippen molar-refractivity contribution in [2.24, 2.45) is 0 Å². The molecule has 1 amide bonds. The van der Waals surface area contributed by atoms with Crippen LogP contribution in [0.15, 0.2) is 48.5 Å². The predicted octanol–water partition coefficient (Wildman–Crippen LogP) is 3.05. The van der Waals surface area contributed by atoms with Crippen LogP contribution in [0.4, 0.5) is 5.69 Å².